The molecule has 0 N–H and O–H groups in total. The van der Waals surface area contributed by atoms with E-state index < -0.39 is 0 Å². The number of rotatable bonds is 2. The highest BCUT2D eigenvalue weighted by atomic mass is 15.2. The van der Waals surface area contributed by atoms with E-state index in [1.54, 1.807) is 0 Å². The van der Waals surface area contributed by atoms with Crippen molar-refractivity contribution in [1.82, 2.24) is 0 Å². The van der Waals surface area contributed by atoms with Crippen molar-refractivity contribution in [2.45, 2.75) is 0 Å². The van der Waals surface area contributed by atoms with Gasteiger partial charge in [-0.3, -0.25) is 0 Å². The molecule has 0 saturated heterocycles. The molecule has 2 aliphatic rings. The van der Waals surface area contributed by atoms with Gasteiger partial charge in [0, 0.05) is 28.2 Å². The van der Waals surface area contributed by atoms with E-state index in [9.17, 15) is 0 Å². The van der Waals surface area contributed by atoms with Crippen LogP contribution in [0.15, 0.2) is 146 Å². The molecule has 0 atom stereocenters. The maximum atomic E-state index is 2.27. The summed E-state index contributed by atoms with van der Waals surface area (Å²) in [7, 11) is 8.54. The predicted molar refractivity (Wildman–Crippen MR) is 189 cm³/mol. The minimum atomic E-state index is 1.24. The first-order chi connectivity index (χ1) is 21.5. The number of hydrogen-bond donors (Lipinski definition) is 0. The van der Waals surface area contributed by atoms with Crippen LogP contribution in [0.1, 0.15) is 0 Å². The van der Waals surface area contributed by atoms with Crippen LogP contribution < -0.4 is 19.6 Å². The second-order valence-corrected chi connectivity index (χ2v) is 11.4. The average molecular weight is 573 g/mol. The highest BCUT2D eigenvalue weighted by Crippen LogP contribution is 2.48. The fourth-order valence-electron chi connectivity index (χ4n) is 6.35. The largest absolute Gasteiger partial charge is 0.341 e. The number of para-hydroxylation sites is 4. The lowest BCUT2D eigenvalue weighted by Gasteiger charge is -2.36. The molecule has 44 heavy (non-hydrogen) atoms. The number of nitrogens with zero attached hydrogens (tertiary/aromatic N) is 4. The fourth-order valence-corrected chi connectivity index (χ4v) is 6.35. The van der Waals surface area contributed by atoms with E-state index >= 15 is 0 Å². The molecule has 2 aliphatic heterocycles. The highest BCUT2D eigenvalue weighted by molar-refractivity contribution is 5.95. The van der Waals surface area contributed by atoms with Crippen molar-refractivity contribution in [3.05, 3.63) is 146 Å². The third kappa shape index (κ3) is 4.75. The summed E-state index contributed by atoms with van der Waals surface area (Å²) in [6.07, 6.45) is 0. The zero-order valence-corrected chi connectivity index (χ0v) is 25.6. The van der Waals surface area contributed by atoms with Gasteiger partial charge in [-0.1, -0.05) is 97.1 Å². The number of benzene rings is 6. The molecule has 216 valence electrons. The fraction of sp³-hybridized carbons (Fsp3) is 0.100. The maximum Gasteiger partial charge on any atom is 0.0656 e. The van der Waals surface area contributed by atoms with Gasteiger partial charge < -0.3 is 19.6 Å². The lowest BCUT2D eigenvalue weighted by atomic mass is 10.0. The molecule has 0 saturated carbocycles. The Labute approximate surface area is 260 Å². The van der Waals surface area contributed by atoms with Crippen molar-refractivity contribution < 1.29 is 0 Å². The van der Waals surface area contributed by atoms with Gasteiger partial charge in [-0.2, -0.15) is 0 Å². The number of anilines is 8. The van der Waals surface area contributed by atoms with Gasteiger partial charge in [0.05, 0.1) is 45.5 Å². The monoisotopic (exact) mass is 572 g/mol. The van der Waals surface area contributed by atoms with Crippen molar-refractivity contribution in [2.24, 2.45) is 0 Å². The first-order valence-electron chi connectivity index (χ1n) is 15.0. The summed E-state index contributed by atoms with van der Waals surface area (Å²) in [6, 6.07) is 51.5. The molecule has 2 heterocycles. The third-order valence-corrected chi connectivity index (χ3v) is 8.82. The molecule has 8 rings (SSSR count). The molecule has 0 fully saturated rings. The molecule has 6 aromatic rings. The summed E-state index contributed by atoms with van der Waals surface area (Å²) >= 11 is 0. The van der Waals surface area contributed by atoms with Crippen LogP contribution in [0, 0.1) is 0 Å². The van der Waals surface area contributed by atoms with Crippen molar-refractivity contribution in [1.29, 1.82) is 0 Å². The zero-order chi connectivity index (χ0) is 30.2. The Morgan fingerprint density at radius 3 is 0.864 bits per heavy atom. The zero-order valence-electron chi connectivity index (χ0n) is 25.6. The first kappa shape index (κ1) is 27.4. The van der Waals surface area contributed by atoms with E-state index in [1.807, 2.05) is 0 Å². The molecule has 4 nitrogen and oxygen atoms in total. The van der Waals surface area contributed by atoms with Gasteiger partial charge >= 0.3 is 0 Å². The molecule has 0 bridgehead atoms. The van der Waals surface area contributed by atoms with E-state index in [0.717, 1.165) is 0 Å². The quantitative estimate of drug-likeness (QED) is 0.205. The van der Waals surface area contributed by atoms with Crippen LogP contribution in [0.5, 0.6) is 0 Å². The molecule has 6 aromatic carbocycles. The lowest BCUT2D eigenvalue weighted by Crippen LogP contribution is -2.24. The molecule has 0 spiro atoms. The molecule has 0 unspecified atom stereocenters. The van der Waals surface area contributed by atoms with Crippen molar-refractivity contribution in [2.75, 3.05) is 47.8 Å². The van der Waals surface area contributed by atoms with E-state index in [-0.39, 0.29) is 0 Å². The van der Waals surface area contributed by atoms with Crippen LogP contribution in [0.3, 0.4) is 0 Å². The Kier molecular flexibility index (Phi) is 7.03. The minimum Gasteiger partial charge on any atom is -0.341 e. The molecule has 0 radical (unpaired) electrons. The summed E-state index contributed by atoms with van der Waals surface area (Å²) in [6.45, 7) is 0. The second kappa shape index (κ2) is 11.3. The lowest BCUT2D eigenvalue weighted by molar-refractivity contribution is 1.10. The topological polar surface area (TPSA) is 13.0 Å². The molecule has 4 heteroatoms. The van der Waals surface area contributed by atoms with Crippen LogP contribution in [-0.2, 0) is 0 Å². The number of fused-ring (bicyclic) bond motifs is 4. The molecular weight excluding hydrogens is 536 g/mol. The number of hydrogen-bond acceptors (Lipinski definition) is 4. The van der Waals surface area contributed by atoms with Crippen LogP contribution >= 0.6 is 0 Å². The van der Waals surface area contributed by atoms with E-state index in [2.05, 4.69) is 193 Å². The predicted octanol–water partition coefficient (Wildman–Crippen LogP) is 10.4. The smallest absolute Gasteiger partial charge is 0.0656 e. The Bertz CT molecular complexity index is 1790. The van der Waals surface area contributed by atoms with Gasteiger partial charge in [0.15, 0.2) is 0 Å². The van der Waals surface area contributed by atoms with Crippen LogP contribution in [-0.4, -0.2) is 28.2 Å². The van der Waals surface area contributed by atoms with E-state index in [0.29, 0.717) is 0 Å². The van der Waals surface area contributed by atoms with E-state index in [4.69, 9.17) is 0 Å². The highest BCUT2D eigenvalue weighted by Gasteiger charge is 2.25. The Hall–Kier alpha value is -5.48. The molecular formula is C40H36N4. The van der Waals surface area contributed by atoms with Gasteiger partial charge in [0.2, 0.25) is 0 Å². The average Bonchev–Trinajstić information content (AvgIpc) is 3.10. The molecule has 0 aliphatic carbocycles. The molecule has 0 amide bonds. The Morgan fingerprint density at radius 2 is 0.523 bits per heavy atom. The second-order valence-electron chi connectivity index (χ2n) is 11.4. The third-order valence-electron chi connectivity index (χ3n) is 8.82. The summed E-state index contributed by atoms with van der Waals surface area (Å²) < 4.78 is 0. The maximum absolute atomic E-state index is 2.27. The van der Waals surface area contributed by atoms with Crippen molar-refractivity contribution in [3.63, 3.8) is 0 Å². The summed E-state index contributed by atoms with van der Waals surface area (Å²) in [4.78, 5) is 9.08. The minimum absolute atomic E-state index is 1.24. The van der Waals surface area contributed by atoms with Crippen LogP contribution in [0.2, 0.25) is 0 Å². The Balaban J connectivity index is 0.000000142. The normalized spacial score (nSPS) is 12.8. The first-order valence-corrected chi connectivity index (χ1v) is 15.0. The van der Waals surface area contributed by atoms with Gasteiger partial charge in [0.25, 0.3) is 0 Å². The SMILES string of the molecule is CN1c2ccccc2N(C)c2cc(-c3ccccc3)ccc21.CN1c2ccccc2N(C)c2cc(-c3ccccc3)ccc21. The standard InChI is InChI=1S/2C20H18N2/c2*1-21-17-10-6-7-11-18(17)22(2)20-14-16(12-13-19(20)21)15-8-4-3-5-9-15/h2*3-14H,1-2H3. The van der Waals surface area contributed by atoms with Crippen LogP contribution in [0.4, 0.5) is 45.5 Å². The summed E-state index contributed by atoms with van der Waals surface area (Å²) in [5.41, 5.74) is 14.9. The van der Waals surface area contributed by atoms with Crippen molar-refractivity contribution in [3.8, 4) is 22.3 Å². The van der Waals surface area contributed by atoms with Gasteiger partial charge in [0.1, 0.15) is 0 Å². The summed E-state index contributed by atoms with van der Waals surface area (Å²) in [5, 5.41) is 0. The van der Waals surface area contributed by atoms with Crippen LogP contribution in [0.25, 0.3) is 22.3 Å². The summed E-state index contributed by atoms with van der Waals surface area (Å²) in [5.74, 6) is 0. The molecule has 0 aromatic heterocycles. The van der Waals surface area contributed by atoms with Gasteiger partial charge in [-0.25, -0.2) is 0 Å². The van der Waals surface area contributed by atoms with E-state index in [1.165, 1.54) is 67.8 Å². The Morgan fingerprint density at radius 1 is 0.250 bits per heavy atom. The van der Waals surface area contributed by atoms with Crippen molar-refractivity contribution >= 4 is 45.5 Å². The van der Waals surface area contributed by atoms with Gasteiger partial charge in [-0.15, -0.1) is 0 Å². The van der Waals surface area contributed by atoms with Gasteiger partial charge in [-0.05, 0) is 70.8 Å².